The van der Waals surface area contributed by atoms with E-state index in [1.54, 1.807) is 7.11 Å². The van der Waals surface area contributed by atoms with Gasteiger partial charge in [-0.3, -0.25) is 0 Å². The highest BCUT2D eigenvalue weighted by Gasteiger charge is 2.21. The van der Waals surface area contributed by atoms with Crippen LogP contribution in [0.3, 0.4) is 0 Å². The molecule has 1 aromatic carbocycles. The van der Waals surface area contributed by atoms with Gasteiger partial charge in [0.25, 0.3) is 0 Å². The molecule has 0 heterocycles. The second-order valence-electron chi connectivity index (χ2n) is 7.82. The van der Waals surface area contributed by atoms with Crippen molar-refractivity contribution in [3.05, 3.63) is 35.9 Å². The number of benzene rings is 1. The van der Waals surface area contributed by atoms with Crippen molar-refractivity contribution in [3.8, 4) is 0 Å². The standard InChI is InChI=1S/C21H36O3/c1-18(23-17-19-12-8-7-9-13-19)11-10-14-21(4,5)24-16-15-20(2,3)22-6/h7-9,12-13,18H,10-11,14-17H2,1-6H3. The Labute approximate surface area is 148 Å². The molecular weight excluding hydrogens is 300 g/mol. The fourth-order valence-electron chi connectivity index (χ4n) is 2.46. The van der Waals surface area contributed by atoms with Crippen molar-refractivity contribution in [1.82, 2.24) is 0 Å². The molecule has 1 atom stereocenters. The number of methoxy groups -OCH3 is 1. The van der Waals surface area contributed by atoms with Crippen LogP contribution < -0.4 is 0 Å². The number of rotatable bonds is 12. The van der Waals surface area contributed by atoms with Gasteiger partial charge < -0.3 is 14.2 Å². The highest BCUT2D eigenvalue weighted by molar-refractivity contribution is 5.13. The Balaban J connectivity index is 2.17. The molecule has 0 aliphatic rings. The minimum Gasteiger partial charge on any atom is -0.379 e. The first kappa shape index (κ1) is 21.1. The van der Waals surface area contributed by atoms with E-state index in [1.165, 1.54) is 5.56 Å². The van der Waals surface area contributed by atoms with Gasteiger partial charge in [0.15, 0.2) is 0 Å². The Morgan fingerprint density at radius 3 is 2.25 bits per heavy atom. The first-order chi connectivity index (χ1) is 11.2. The van der Waals surface area contributed by atoms with Gasteiger partial charge in [-0.15, -0.1) is 0 Å². The van der Waals surface area contributed by atoms with Crippen molar-refractivity contribution in [2.45, 2.75) is 84.2 Å². The molecule has 0 bridgehead atoms. The van der Waals surface area contributed by atoms with Gasteiger partial charge in [-0.2, -0.15) is 0 Å². The molecule has 0 fully saturated rings. The van der Waals surface area contributed by atoms with Gasteiger partial charge in [-0.25, -0.2) is 0 Å². The maximum absolute atomic E-state index is 6.06. The van der Waals surface area contributed by atoms with Crippen LogP contribution >= 0.6 is 0 Å². The largest absolute Gasteiger partial charge is 0.379 e. The van der Waals surface area contributed by atoms with Crippen molar-refractivity contribution in [3.63, 3.8) is 0 Å². The second-order valence-corrected chi connectivity index (χ2v) is 7.82. The zero-order valence-electron chi connectivity index (χ0n) is 16.4. The zero-order valence-corrected chi connectivity index (χ0v) is 16.4. The van der Waals surface area contributed by atoms with Crippen molar-refractivity contribution in [2.24, 2.45) is 0 Å². The molecule has 0 amide bonds. The lowest BCUT2D eigenvalue weighted by Crippen LogP contribution is -2.30. The predicted octanol–water partition coefficient (Wildman–Crippen LogP) is 5.37. The predicted molar refractivity (Wildman–Crippen MR) is 100 cm³/mol. The molecule has 1 unspecified atom stereocenters. The summed E-state index contributed by atoms with van der Waals surface area (Å²) in [6.07, 6.45) is 4.39. The Hall–Kier alpha value is -0.900. The van der Waals surface area contributed by atoms with E-state index >= 15 is 0 Å². The van der Waals surface area contributed by atoms with E-state index in [9.17, 15) is 0 Å². The van der Waals surface area contributed by atoms with Gasteiger partial charge in [0.1, 0.15) is 0 Å². The molecule has 0 spiro atoms. The van der Waals surface area contributed by atoms with Crippen molar-refractivity contribution in [2.75, 3.05) is 13.7 Å². The third kappa shape index (κ3) is 9.41. The van der Waals surface area contributed by atoms with Crippen LogP contribution in [-0.4, -0.2) is 31.0 Å². The van der Waals surface area contributed by atoms with E-state index in [2.05, 4.69) is 46.8 Å². The first-order valence-corrected chi connectivity index (χ1v) is 9.09. The van der Waals surface area contributed by atoms with Gasteiger partial charge in [0, 0.05) is 7.11 Å². The van der Waals surface area contributed by atoms with Gasteiger partial charge in [0.2, 0.25) is 0 Å². The summed E-state index contributed by atoms with van der Waals surface area (Å²) in [6.45, 7) is 12.1. The summed E-state index contributed by atoms with van der Waals surface area (Å²) >= 11 is 0. The average Bonchev–Trinajstić information content (AvgIpc) is 2.53. The molecule has 3 heteroatoms. The lowest BCUT2D eigenvalue weighted by atomic mass is 9.99. The maximum atomic E-state index is 6.06. The number of hydrogen-bond acceptors (Lipinski definition) is 3. The van der Waals surface area contributed by atoms with E-state index in [-0.39, 0.29) is 17.3 Å². The summed E-state index contributed by atoms with van der Waals surface area (Å²) in [5.41, 5.74) is 1.02. The molecule has 3 nitrogen and oxygen atoms in total. The molecule has 0 radical (unpaired) electrons. The normalized spacial score (nSPS) is 13.9. The summed E-state index contributed by atoms with van der Waals surface area (Å²) in [5, 5.41) is 0. The van der Waals surface area contributed by atoms with E-state index in [0.717, 1.165) is 32.3 Å². The van der Waals surface area contributed by atoms with Crippen molar-refractivity contribution in [1.29, 1.82) is 0 Å². The molecule has 0 aliphatic heterocycles. The van der Waals surface area contributed by atoms with Crippen molar-refractivity contribution >= 4 is 0 Å². The molecule has 24 heavy (non-hydrogen) atoms. The Morgan fingerprint density at radius 2 is 1.62 bits per heavy atom. The zero-order chi connectivity index (χ0) is 18.1. The first-order valence-electron chi connectivity index (χ1n) is 9.09. The molecule has 1 aromatic rings. The monoisotopic (exact) mass is 336 g/mol. The molecule has 0 saturated heterocycles. The average molecular weight is 337 g/mol. The quantitative estimate of drug-likeness (QED) is 0.513. The van der Waals surface area contributed by atoms with E-state index in [1.807, 2.05) is 18.2 Å². The highest BCUT2D eigenvalue weighted by atomic mass is 16.5. The van der Waals surface area contributed by atoms with Crippen LogP contribution in [0.4, 0.5) is 0 Å². The summed E-state index contributed by atoms with van der Waals surface area (Å²) < 4.78 is 17.4. The van der Waals surface area contributed by atoms with Crippen LogP contribution in [-0.2, 0) is 20.8 Å². The van der Waals surface area contributed by atoms with Gasteiger partial charge >= 0.3 is 0 Å². The molecule has 0 saturated carbocycles. The third-order valence-electron chi connectivity index (χ3n) is 4.52. The summed E-state index contributed by atoms with van der Waals surface area (Å²) in [5.74, 6) is 0. The topological polar surface area (TPSA) is 27.7 Å². The maximum Gasteiger partial charge on any atom is 0.0720 e. The second kappa shape index (κ2) is 10.2. The fourth-order valence-corrected chi connectivity index (χ4v) is 2.46. The van der Waals surface area contributed by atoms with Crippen molar-refractivity contribution < 1.29 is 14.2 Å². The lowest BCUT2D eigenvalue weighted by molar-refractivity contribution is -0.0632. The minimum atomic E-state index is -0.115. The van der Waals surface area contributed by atoms with Gasteiger partial charge in [0.05, 0.1) is 30.5 Å². The smallest absolute Gasteiger partial charge is 0.0720 e. The van der Waals surface area contributed by atoms with Crippen LogP contribution in [0.15, 0.2) is 30.3 Å². The molecular formula is C21H36O3. The molecule has 0 aromatic heterocycles. The van der Waals surface area contributed by atoms with Crippen LogP contribution in [0.2, 0.25) is 0 Å². The van der Waals surface area contributed by atoms with E-state index < -0.39 is 0 Å². The van der Waals surface area contributed by atoms with Crippen LogP contribution in [0.5, 0.6) is 0 Å². The van der Waals surface area contributed by atoms with E-state index in [0.29, 0.717) is 6.61 Å². The third-order valence-corrected chi connectivity index (χ3v) is 4.52. The Bertz CT molecular complexity index is 440. The summed E-state index contributed by atoms with van der Waals surface area (Å²) in [7, 11) is 1.75. The number of ether oxygens (including phenoxy) is 3. The SMILES string of the molecule is COC(C)(C)CCOC(C)(C)CCCC(C)OCc1ccccc1. The molecule has 0 aliphatic carbocycles. The number of hydrogen-bond donors (Lipinski definition) is 0. The lowest BCUT2D eigenvalue weighted by Gasteiger charge is -2.29. The Kier molecular flexibility index (Phi) is 8.96. The van der Waals surface area contributed by atoms with Gasteiger partial charge in [-0.05, 0) is 65.9 Å². The highest BCUT2D eigenvalue weighted by Crippen LogP contribution is 2.22. The fraction of sp³-hybridized carbons (Fsp3) is 0.714. The summed E-state index contributed by atoms with van der Waals surface area (Å²) in [4.78, 5) is 0. The van der Waals surface area contributed by atoms with Crippen LogP contribution in [0.25, 0.3) is 0 Å². The summed E-state index contributed by atoms with van der Waals surface area (Å²) in [6, 6.07) is 10.3. The van der Waals surface area contributed by atoms with E-state index in [4.69, 9.17) is 14.2 Å². The molecule has 0 N–H and O–H groups in total. The molecule has 1 rings (SSSR count). The minimum absolute atomic E-state index is 0.0943. The Morgan fingerprint density at radius 1 is 0.958 bits per heavy atom. The van der Waals surface area contributed by atoms with Crippen LogP contribution in [0, 0.1) is 0 Å². The van der Waals surface area contributed by atoms with Crippen LogP contribution in [0.1, 0.15) is 65.9 Å². The van der Waals surface area contributed by atoms with Gasteiger partial charge in [-0.1, -0.05) is 30.3 Å². The molecule has 138 valence electrons.